The molecule has 0 saturated carbocycles. The number of rotatable bonds is 8. The fourth-order valence-electron chi connectivity index (χ4n) is 3.36. The van der Waals surface area contributed by atoms with E-state index >= 15 is 0 Å². The molecule has 0 aliphatic carbocycles. The molecule has 3 N–H and O–H groups in total. The van der Waals surface area contributed by atoms with Crippen LogP contribution in [0.15, 0.2) is 42.5 Å². The Morgan fingerprint density at radius 2 is 1.97 bits per heavy atom. The zero-order chi connectivity index (χ0) is 23.0. The number of ether oxygens (including phenoxy) is 2. The molecule has 1 aliphatic heterocycles. The van der Waals surface area contributed by atoms with Crippen molar-refractivity contribution in [1.82, 2.24) is 10.6 Å². The van der Waals surface area contributed by atoms with E-state index in [1.165, 1.54) is 0 Å². The molecule has 0 bridgehead atoms. The smallest absolute Gasteiger partial charge is 0.305 e. The highest BCUT2D eigenvalue weighted by Gasteiger charge is 2.25. The van der Waals surface area contributed by atoms with Crippen LogP contribution in [0.25, 0.3) is 0 Å². The lowest BCUT2D eigenvalue weighted by Crippen LogP contribution is -2.39. The monoisotopic (exact) mass is 446 g/mol. The molecule has 0 spiro atoms. The molecule has 0 fully saturated rings. The summed E-state index contributed by atoms with van der Waals surface area (Å²) in [5.41, 5.74) is 0.834. The zero-order valence-electron chi connectivity index (χ0n) is 18.5. The maximum absolute atomic E-state index is 13.1. The lowest BCUT2D eigenvalue weighted by molar-refractivity contribution is -0.145. The average Bonchev–Trinajstić information content (AvgIpc) is 2.80. The number of benzene rings is 1. The number of aliphatic hydroxyl groups is 1. The quantitative estimate of drug-likeness (QED) is 0.320. The summed E-state index contributed by atoms with van der Waals surface area (Å²) in [4.78, 5) is 37.5. The Balaban J connectivity index is 2.05. The van der Waals surface area contributed by atoms with Crippen molar-refractivity contribution >= 4 is 17.8 Å². The molecule has 8 heteroatoms. The van der Waals surface area contributed by atoms with Gasteiger partial charge in [0.1, 0.15) is 6.61 Å². The van der Waals surface area contributed by atoms with Gasteiger partial charge in [-0.25, -0.2) is 0 Å². The Morgan fingerprint density at radius 3 is 2.75 bits per heavy atom. The lowest BCUT2D eigenvalue weighted by atomic mass is 9.97. The number of carbonyl (C=O) groups is 3. The summed E-state index contributed by atoms with van der Waals surface area (Å²) < 4.78 is 10.6. The van der Waals surface area contributed by atoms with Gasteiger partial charge in [-0.2, -0.15) is 0 Å². The Hall–Kier alpha value is -2.71. The summed E-state index contributed by atoms with van der Waals surface area (Å²) in [6.45, 7) is 0.805. The molecule has 1 aliphatic rings. The SMILES string of the molecule is O=C(C[C@H]1CC=CCCCCC(=O)OC[C@@H](c2ccccc2)NC1=O)NCCOCCO. The highest BCUT2D eigenvalue weighted by atomic mass is 16.5. The molecule has 176 valence electrons. The van der Waals surface area contributed by atoms with Crippen molar-refractivity contribution in [2.75, 3.05) is 33.0 Å². The first kappa shape index (κ1) is 25.5. The first-order valence-electron chi connectivity index (χ1n) is 11.2. The maximum Gasteiger partial charge on any atom is 0.305 e. The van der Waals surface area contributed by atoms with E-state index in [9.17, 15) is 14.4 Å². The minimum absolute atomic E-state index is 0.0392. The molecule has 0 unspecified atom stereocenters. The average molecular weight is 447 g/mol. The minimum atomic E-state index is -0.547. The van der Waals surface area contributed by atoms with Crippen molar-refractivity contribution in [1.29, 1.82) is 0 Å². The van der Waals surface area contributed by atoms with Crippen LogP contribution in [-0.4, -0.2) is 55.9 Å². The number of hydrogen-bond donors (Lipinski definition) is 3. The highest BCUT2D eigenvalue weighted by molar-refractivity contribution is 5.86. The van der Waals surface area contributed by atoms with E-state index in [4.69, 9.17) is 14.6 Å². The van der Waals surface area contributed by atoms with Gasteiger partial charge in [-0.05, 0) is 31.2 Å². The van der Waals surface area contributed by atoms with E-state index in [1.807, 2.05) is 42.5 Å². The number of amides is 2. The predicted molar refractivity (Wildman–Crippen MR) is 120 cm³/mol. The summed E-state index contributed by atoms with van der Waals surface area (Å²) in [6, 6.07) is 8.86. The second kappa shape index (κ2) is 15.2. The molecule has 1 aromatic rings. The number of carbonyl (C=O) groups excluding carboxylic acids is 3. The normalized spacial score (nSPS) is 20.7. The van der Waals surface area contributed by atoms with Gasteiger partial charge in [0.25, 0.3) is 0 Å². The van der Waals surface area contributed by atoms with Crippen molar-refractivity contribution in [3.05, 3.63) is 48.0 Å². The van der Waals surface area contributed by atoms with Crippen molar-refractivity contribution in [3.63, 3.8) is 0 Å². The number of aliphatic hydroxyl groups excluding tert-OH is 1. The molecule has 32 heavy (non-hydrogen) atoms. The summed E-state index contributed by atoms with van der Waals surface area (Å²) in [7, 11) is 0. The fourth-order valence-corrected chi connectivity index (χ4v) is 3.36. The summed E-state index contributed by atoms with van der Waals surface area (Å²) in [5, 5.41) is 14.4. The number of cyclic esters (lactones) is 1. The number of allylic oxidation sites excluding steroid dienone is 2. The second-order valence-electron chi connectivity index (χ2n) is 7.69. The Bertz CT molecular complexity index is 737. The minimum Gasteiger partial charge on any atom is -0.463 e. The second-order valence-corrected chi connectivity index (χ2v) is 7.69. The predicted octanol–water partition coefficient (Wildman–Crippen LogP) is 2.04. The molecule has 0 saturated heterocycles. The molecule has 1 heterocycles. The van der Waals surface area contributed by atoms with Gasteiger partial charge < -0.3 is 25.2 Å². The Labute approximate surface area is 189 Å². The Kier molecular flexibility index (Phi) is 12.1. The molecular weight excluding hydrogens is 412 g/mol. The molecule has 8 nitrogen and oxygen atoms in total. The van der Waals surface area contributed by atoms with Crippen LogP contribution in [-0.2, 0) is 23.9 Å². The largest absolute Gasteiger partial charge is 0.463 e. The lowest BCUT2D eigenvalue weighted by Gasteiger charge is -2.23. The molecule has 1 aromatic carbocycles. The molecule has 2 amide bonds. The summed E-state index contributed by atoms with van der Waals surface area (Å²) in [5.74, 6) is -1.33. The molecule has 2 rings (SSSR count). The Morgan fingerprint density at radius 1 is 1.16 bits per heavy atom. The van der Waals surface area contributed by atoms with Gasteiger partial charge in [0.05, 0.1) is 31.8 Å². The van der Waals surface area contributed by atoms with E-state index in [0.717, 1.165) is 24.8 Å². The van der Waals surface area contributed by atoms with E-state index in [0.29, 0.717) is 26.0 Å². The van der Waals surface area contributed by atoms with Crippen molar-refractivity contribution < 1.29 is 29.0 Å². The van der Waals surface area contributed by atoms with Gasteiger partial charge in [-0.15, -0.1) is 0 Å². The van der Waals surface area contributed by atoms with Gasteiger partial charge in [-0.1, -0.05) is 42.5 Å². The van der Waals surface area contributed by atoms with Crippen LogP contribution in [0.1, 0.15) is 50.1 Å². The fraction of sp³-hybridized carbons (Fsp3) is 0.542. The van der Waals surface area contributed by atoms with Crippen LogP contribution in [0.5, 0.6) is 0 Å². The van der Waals surface area contributed by atoms with Crippen molar-refractivity contribution in [3.8, 4) is 0 Å². The van der Waals surface area contributed by atoms with Gasteiger partial charge in [-0.3, -0.25) is 14.4 Å². The van der Waals surface area contributed by atoms with Crippen LogP contribution in [0, 0.1) is 5.92 Å². The number of esters is 1. The van der Waals surface area contributed by atoms with Gasteiger partial charge in [0.15, 0.2) is 0 Å². The first-order chi connectivity index (χ1) is 15.6. The molecule has 2 atom stereocenters. The third kappa shape index (κ3) is 10.1. The molecule has 0 radical (unpaired) electrons. The number of hydrogen-bond acceptors (Lipinski definition) is 6. The maximum atomic E-state index is 13.1. The van der Waals surface area contributed by atoms with E-state index in [-0.39, 0.29) is 44.0 Å². The van der Waals surface area contributed by atoms with E-state index in [2.05, 4.69) is 10.6 Å². The summed E-state index contributed by atoms with van der Waals surface area (Å²) in [6.07, 6.45) is 7.18. The van der Waals surface area contributed by atoms with E-state index in [1.54, 1.807) is 0 Å². The van der Waals surface area contributed by atoms with Crippen LogP contribution < -0.4 is 10.6 Å². The van der Waals surface area contributed by atoms with Gasteiger partial charge in [0.2, 0.25) is 11.8 Å². The van der Waals surface area contributed by atoms with Crippen LogP contribution in [0.2, 0.25) is 0 Å². The van der Waals surface area contributed by atoms with Gasteiger partial charge >= 0.3 is 5.97 Å². The highest BCUT2D eigenvalue weighted by Crippen LogP contribution is 2.18. The number of nitrogens with one attached hydrogen (secondary N) is 2. The van der Waals surface area contributed by atoms with Crippen LogP contribution >= 0.6 is 0 Å². The van der Waals surface area contributed by atoms with E-state index < -0.39 is 12.0 Å². The molecule has 0 aromatic heterocycles. The zero-order valence-corrected chi connectivity index (χ0v) is 18.5. The van der Waals surface area contributed by atoms with Crippen molar-refractivity contribution in [2.24, 2.45) is 5.92 Å². The first-order valence-corrected chi connectivity index (χ1v) is 11.2. The van der Waals surface area contributed by atoms with Gasteiger partial charge in [0, 0.05) is 19.4 Å². The third-order valence-electron chi connectivity index (χ3n) is 5.13. The van der Waals surface area contributed by atoms with Crippen LogP contribution in [0.3, 0.4) is 0 Å². The van der Waals surface area contributed by atoms with Crippen LogP contribution in [0.4, 0.5) is 0 Å². The topological polar surface area (TPSA) is 114 Å². The molecular formula is C24H34N2O6. The summed E-state index contributed by atoms with van der Waals surface area (Å²) >= 11 is 0. The third-order valence-corrected chi connectivity index (χ3v) is 5.13. The van der Waals surface area contributed by atoms with Crippen molar-refractivity contribution in [2.45, 2.75) is 44.6 Å². The standard InChI is InChI=1S/C24H34N2O6/c27-14-16-31-15-13-25-22(28)17-20-11-5-2-1-3-8-12-23(29)32-18-21(26-24(20)30)19-9-6-4-7-10-19/h2,4-7,9-10,20-21,27H,1,3,8,11-18H2,(H,25,28)(H,26,30)/t20-,21+/m1/s1.